The van der Waals surface area contributed by atoms with Gasteiger partial charge in [-0.1, -0.05) is 90.9 Å². The number of rotatable bonds is 1. The van der Waals surface area contributed by atoms with E-state index in [1.54, 1.807) is 0 Å². The van der Waals surface area contributed by atoms with Gasteiger partial charge in [-0.05, 0) is 69.3 Å². The van der Waals surface area contributed by atoms with Crippen molar-refractivity contribution < 1.29 is 0 Å². The average Bonchev–Trinajstić information content (AvgIpc) is 2.71. The quantitative estimate of drug-likeness (QED) is 0.300. The van der Waals surface area contributed by atoms with E-state index in [-0.39, 0.29) is 16.2 Å². The lowest BCUT2D eigenvalue weighted by Crippen LogP contribution is -2.45. The normalized spacial score (nSPS) is 16.8. The molecular formula is C31H35N. The zero-order valence-corrected chi connectivity index (χ0v) is 20.9. The average molecular weight is 422 g/mol. The van der Waals surface area contributed by atoms with Gasteiger partial charge < -0.3 is 0 Å². The second kappa shape index (κ2) is 6.67. The topological polar surface area (TPSA) is 12.9 Å². The lowest BCUT2D eigenvalue weighted by Gasteiger charge is -2.50. The van der Waals surface area contributed by atoms with E-state index in [1.165, 1.54) is 49.7 Å². The third-order valence-electron chi connectivity index (χ3n) is 8.08. The molecule has 0 atom stereocenters. The highest BCUT2D eigenvalue weighted by Crippen LogP contribution is 2.57. The van der Waals surface area contributed by atoms with Crippen LogP contribution in [0.4, 0.5) is 0 Å². The van der Waals surface area contributed by atoms with Crippen molar-refractivity contribution in [1.82, 2.24) is 4.98 Å². The molecule has 1 aliphatic carbocycles. The number of para-hydroxylation sites is 1. The molecule has 0 N–H and O–H groups in total. The van der Waals surface area contributed by atoms with Crippen LogP contribution in [0.15, 0.2) is 54.6 Å². The first-order valence-electron chi connectivity index (χ1n) is 11.9. The second-order valence-corrected chi connectivity index (χ2v) is 12.0. The first-order chi connectivity index (χ1) is 14.9. The van der Waals surface area contributed by atoms with E-state index in [2.05, 4.69) is 110 Å². The molecule has 1 nitrogen and oxygen atoms in total. The summed E-state index contributed by atoms with van der Waals surface area (Å²) >= 11 is 0. The van der Waals surface area contributed by atoms with Crippen LogP contribution in [0.3, 0.4) is 0 Å². The van der Waals surface area contributed by atoms with Crippen LogP contribution in [0.1, 0.15) is 70.7 Å². The van der Waals surface area contributed by atoms with Crippen LogP contribution >= 0.6 is 0 Å². The molecule has 32 heavy (non-hydrogen) atoms. The fourth-order valence-electron chi connectivity index (χ4n) is 6.00. The van der Waals surface area contributed by atoms with Gasteiger partial charge in [0.15, 0.2) is 0 Å². The summed E-state index contributed by atoms with van der Waals surface area (Å²) in [4.78, 5) is 5.32. The fourth-order valence-corrected chi connectivity index (χ4v) is 6.00. The van der Waals surface area contributed by atoms with E-state index in [0.717, 1.165) is 11.9 Å². The van der Waals surface area contributed by atoms with Crippen molar-refractivity contribution in [3.05, 3.63) is 76.9 Å². The molecule has 164 valence electrons. The number of fused-ring (bicyclic) bond motifs is 5. The molecule has 0 unspecified atom stereocenters. The number of aromatic nitrogens is 1. The Kier molecular flexibility index (Phi) is 4.42. The van der Waals surface area contributed by atoms with Crippen LogP contribution in [-0.2, 0) is 17.3 Å². The Morgan fingerprint density at radius 3 is 2.06 bits per heavy atom. The van der Waals surface area contributed by atoms with Crippen molar-refractivity contribution in [3.8, 4) is 11.3 Å². The predicted octanol–water partition coefficient (Wildman–Crippen LogP) is 8.52. The highest BCUT2D eigenvalue weighted by Gasteiger charge is 2.49. The summed E-state index contributed by atoms with van der Waals surface area (Å²) in [6.45, 7) is 19.1. The predicted molar refractivity (Wildman–Crippen MR) is 139 cm³/mol. The molecule has 0 radical (unpaired) electrons. The zero-order chi connectivity index (χ0) is 23.1. The smallest absolute Gasteiger partial charge is 0.0753 e. The van der Waals surface area contributed by atoms with Crippen molar-refractivity contribution in [3.63, 3.8) is 0 Å². The molecule has 5 rings (SSSR count). The summed E-state index contributed by atoms with van der Waals surface area (Å²) < 4.78 is 0. The molecule has 0 spiro atoms. The minimum absolute atomic E-state index is 0.0329. The van der Waals surface area contributed by atoms with E-state index in [0.29, 0.717) is 0 Å². The Morgan fingerprint density at radius 1 is 0.781 bits per heavy atom. The van der Waals surface area contributed by atoms with Crippen LogP contribution in [0.5, 0.6) is 0 Å². The number of nitrogens with zero attached hydrogens (tertiary/aromatic N) is 1. The lowest BCUT2D eigenvalue weighted by molar-refractivity contribution is 0.292. The van der Waals surface area contributed by atoms with Crippen LogP contribution in [0, 0.1) is 12.3 Å². The highest BCUT2D eigenvalue weighted by molar-refractivity contribution is 5.97. The summed E-state index contributed by atoms with van der Waals surface area (Å²) in [6.07, 6.45) is 1.05. The molecule has 1 aromatic heterocycles. The second-order valence-electron chi connectivity index (χ2n) is 12.0. The monoisotopic (exact) mass is 421 g/mol. The van der Waals surface area contributed by atoms with Crippen molar-refractivity contribution in [2.45, 2.75) is 72.6 Å². The maximum Gasteiger partial charge on any atom is 0.0753 e. The lowest BCUT2D eigenvalue weighted by atomic mass is 9.54. The van der Waals surface area contributed by atoms with Crippen molar-refractivity contribution >= 4 is 21.7 Å². The summed E-state index contributed by atoms with van der Waals surface area (Å²) in [5, 5.41) is 3.99. The SMILES string of the molecule is Cc1c2c(nc3ccccc13)-c1cc3ccccc3c(CC(C)(C)C)c1C(C)(C)C2(C)C. The number of pyridine rings is 1. The molecule has 0 saturated heterocycles. The summed E-state index contributed by atoms with van der Waals surface area (Å²) in [5.74, 6) is 0. The molecule has 3 aromatic carbocycles. The first-order valence-corrected chi connectivity index (χ1v) is 11.9. The third kappa shape index (κ3) is 2.86. The largest absolute Gasteiger partial charge is 0.247 e. The molecular weight excluding hydrogens is 386 g/mol. The zero-order valence-electron chi connectivity index (χ0n) is 20.9. The van der Waals surface area contributed by atoms with Gasteiger partial charge in [0.1, 0.15) is 0 Å². The van der Waals surface area contributed by atoms with E-state index in [1.807, 2.05) is 0 Å². The molecule has 1 heteroatoms. The standard InChI is InChI=1S/C31H35N/c1-19-21-14-11-12-16-25(21)32-28-23-17-20-13-9-10-15-22(20)24(18-29(2,3)4)27(23)31(7,8)30(5,6)26(19)28/h9-17H,18H2,1-8H3. The summed E-state index contributed by atoms with van der Waals surface area (Å²) in [7, 11) is 0. The van der Waals surface area contributed by atoms with Crippen LogP contribution in [0.2, 0.25) is 0 Å². The first kappa shape index (κ1) is 21.2. The van der Waals surface area contributed by atoms with E-state index < -0.39 is 0 Å². The van der Waals surface area contributed by atoms with Gasteiger partial charge in [0.05, 0.1) is 11.2 Å². The maximum absolute atomic E-state index is 5.32. The van der Waals surface area contributed by atoms with Gasteiger partial charge in [0.25, 0.3) is 0 Å². The highest BCUT2D eigenvalue weighted by atomic mass is 14.7. The number of benzene rings is 3. The number of hydrogen-bond acceptors (Lipinski definition) is 1. The van der Waals surface area contributed by atoms with E-state index >= 15 is 0 Å². The molecule has 0 amide bonds. The maximum atomic E-state index is 5.32. The number of hydrogen-bond donors (Lipinski definition) is 0. The Hall–Kier alpha value is -2.67. The molecule has 0 aliphatic heterocycles. The van der Waals surface area contributed by atoms with Crippen LogP contribution in [-0.4, -0.2) is 4.98 Å². The molecule has 1 heterocycles. The molecule has 4 aromatic rings. The van der Waals surface area contributed by atoms with Gasteiger partial charge >= 0.3 is 0 Å². The van der Waals surface area contributed by atoms with Gasteiger partial charge in [-0.2, -0.15) is 0 Å². The van der Waals surface area contributed by atoms with Gasteiger partial charge in [0, 0.05) is 16.4 Å². The molecule has 0 bridgehead atoms. The van der Waals surface area contributed by atoms with Crippen LogP contribution in [0.25, 0.3) is 32.9 Å². The Morgan fingerprint density at radius 2 is 1.38 bits per heavy atom. The summed E-state index contributed by atoms with van der Waals surface area (Å²) in [6, 6.07) is 20.0. The van der Waals surface area contributed by atoms with E-state index in [4.69, 9.17) is 4.98 Å². The van der Waals surface area contributed by atoms with Crippen molar-refractivity contribution in [2.75, 3.05) is 0 Å². The minimum Gasteiger partial charge on any atom is -0.247 e. The fraction of sp³-hybridized carbons (Fsp3) is 0.387. The third-order valence-corrected chi connectivity index (χ3v) is 8.08. The molecule has 0 fully saturated rings. The van der Waals surface area contributed by atoms with E-state index in [9.17, 15) is 0 Å². The number of aryl methyl sites for hydroxylation is 1. The van der Waals surface area contributed by atoms with Gasteiger partial charge in [-0.3, -0.25) is 0 Å². The minimum atomic E-state index is -0.0501. The Labute approximate surface area is 192 Å². The Balaban J connectivity index is 2.01. The van der Waals surface area contributed by atoms with Crippen molar-refractivity contribution in [1.29, 1.82) is 0 Å². The Bertz CT molecular complexity index is 1380. The molecule has 1 aliphatic rings. The van der Waals surface area contributed by atoms with Gasteiger partial charge in [0.2, 0.25) is 0 Å². The molecule has 0 saturated carbocycles. The van der Waals surface area contributed by atoms with Crippen molar-refractivity contribution in [2.24, 2.45) is 5.41 Å². The summed E-state index contributed by atoms with van der Waals surface area (Å²) in [5.41, 5.74) is 9.50. The van der Waals surface area contributed by atoms with Crippen LogP contribution < -0.4 is 0 Å². The van der Waals surface area contributed by atoms with Gasteiger partial charge in [-0.25, -0.2) is 4.98 Å². The van der Waals surface area contributed by atoms with Gasteiger partial charge in [-0.15, -0.1) is 0 Å².